The molecule has 96 valence electrons. The highest BCUT2D eigenvalue weighted by Gasteiger charge is 2.23. The highest BCUT2D eigenvalue weighted by molar-refractivity contribution is 4.79. The molecule has 2 saturated heterocycles. The maximum atomic E-state index is 3.41. The molecule has 2 aliphatic rings. The minimum atomic E-state index is 0.938. The second-order valence-corrected chi connectivity index (χ2v) is 4.60. The number of likely N-dealkylation sites (tertiary alicyclic amines) is 1. The molecule has 0 aliphatic carbocycles. The molecule has 2 rings (SSSR count). The molecule has 2 fully saturated rings. The van der Waals surface area contributed by atoms with E-state index in [1.807, 2.05) is 13.8 Å². The molecule has 0 aromatic heterocycles. The van der Waals surface area contributed by atoms with Gasteiger partial charge >= 0.3 is 0 Å². The second kappa shape index (κ2) is 8.04. The quantitative estimate of drug-likeness (QED) is 0.783. The number of piperazine rings is 1. The van der Waals surface area contributed by atoms with Crippen LogP contribution in [0.15, 0.2) is 0 Å². The first-order chi connectivity index (χ1) is 7.88. The Hall–Kier alpha value is -0.120. The van der Waals surface area contributed by atoms with E-state index in [9.17, 15) is 0 Å². The molecule has 0 saturated carbocycles. The summed E-state index contributed by atoms with van der Waals surface area (Å²) >= 11 is 0. The van der Waals surface area contributed by atoms with Crippen molar-refractivity contribution in [3.8, 4) is 0 Å². The van der Waals surface area contributed by atoms with Gasteiger partial charge in [0.25, 0.3) is 0 Å². The van der Waals surface area contributed by atoms with E-state index in [1.54, 1.807) is 0 Å². The maximum absolute atomic E-state index is 3.41. The van der Waals surface area contributed by atoms with Crippen molar-refractivity contribution >= 4 is 0 Å². The van der Waals surface area contributed by atoms with Crippen LogP contribution in [0.4, 0.5) is 0 Å². The van der Waals surface area contributed by atoms with Crippen LogP contribution in [-0.4, -0.2) is 62.2 Å². The maximum Gasteiger partial charge on any atom is 0.0107 e. The molecule has 1 unspecified atom stereocenters. The smallest absolute Gasteiger partial charge is 0.0107 e. The third kappa shape index (κ3) is 4.40. The van der Waals surface area contributed by atoms with Crippen molar-refractivity contribution in [1.82, 2.24) is 15.1 Å². The van der Waals surface area contributed by atoms with Gasteiger partial charge in [0.05, 0.1) is 0 Å². The van der Waals surface area contributed by atoms with Crippen LogP contribution in [0.2, 0.25) is 0 Å². The van der Waals surface area contributed by atoms with E-state index >= 15 is 0 Å². The van der Waals surface area contributed by atoms with Crippen LogP contribution in [-0.2, 0) is 0 Å². The standard InChI is InChI=1S/C11H23N3.C2H6/c1-2-13-6-3-11(9-13)10-14-7-4-12-5-8-14;1-2/h11-12H,2-10H2,1H3;1-2H3. The van der Waals surface area contributed by atoms with Crippen LogP contribution in [0.25, 0.3) is 0 Å². The van der Waals surface area contributed by atoms with E-state index in [2.05, 4.69) is 22.0 Å². The fourth-order valence-electron chi connectivity index (χ4n) is 2.61. The fraction of sp³-hybridized carbons (Fsp3) is 1.00. The Morgan fingerprint density at radius 3 is 2.31 bits per heavy atom. The van der Waals surface area contributed by atoms with E-state index in [-0.39, 0.29) is 0 Å². The third-order valence-electron chi connectivity index (χ3n) is 3.54. The number of nitrogens with one attached hydrogen (secondary N) is 1. The van der Waals surface area contributed by atoms with Crippen molar-refractivity contribution in [1.29, 1.82) is 0 Å². The summed E-state index contributed by atoms with van der Waals surface area (Å²) in [5.74, 6) is 0.938. The molecule has 2 heterocycles. The Morgan fingerprint density at radius 2 is 1.75 bits per heavy atom. The molecule has 1 N–H and O–H groups in total. The summed E-state index contributed by atoms with van der Waals surface area (Å²) in [6, 6.07) is 0. The molecule has 0 aromatic carbocycles. The SMILES string of the molecule is CC.CCN1CCC(CN2CCNCC2)C1. The lowest BCUT2D eigenvalue weighted by Crippen LogP contribution is -2.45. The largest absolute Gasteiger partial charge is 0.314 e. The zero-order valence-electron chi connectivity index (χ0n) is 11.3. The van der Waals surface area contributed by atoms with Crippen LogP contribution in [0.3, 0.4) is 0 Å². The minimum Gasteiger partial charge on any atom is -0.314 e. The third-order valence-corrected chi connectivity index (χ3v) is 3.54. The first kappa shape index (κ1) is 13.9. The monoisotopic (exact) mass is 227 g/mol. The van der Waals surface area contributed by atoms with Gasteiger partial charge in [0, 0.05) is 39.3 Å². The van der Waals surface area contributed by atoms with Gasteiger partial charge in [-0.2, -0.15) is 0 Å². The van der Waals surface area contributed by atoms with Gasteiger partial charge < -0.3 is 15.1 Å². The van der Waals surface area contributed by atoms with E-state index < -0.39 is 0 Å². The first-order valence-electron chi connectivity index (χ1n) is 7.04. The second-order valence-electron chi connectivity index (χ2n) is 4.60. The summed E-state index contributed by atoms with van der Waals surface area (Å²) in [6.07, 6.45) is 1.41. The lowest BCUT2D eigenvalue weighted by Gasteiger charge is -2.29. The molecule has 3 nitrogen and oxygen atoms in total. The van der Waals surface area contributed by atoms with Crippen LogP contribution < -0.4 is 5.32 Å². The lowest BCUT2D eigenvalue weighted by molar-refractivity contribution is 0.204. The van der Waals surface area contributed by atoms with Crippen molar-refractivity contribution < 1.29 is 0 Å². The topological polar surface area (TPSA) is 18.5 Å². The van der Waals surface area contributed by atoms with Crippen molar-refractivity contribution in [2.45, 2.75) is 27.2 Å². The van der Waals surface area contributed by atoms with Gasteiger partial charge in [0.15, 0.2) is 0 Å². The summed E-state index contributed by atoms with van der Waals surface area (Å²) in [6.45, 7) is 16.4. The predicted octanol–water partition coefficient (Wildman–Crippen LogP) is 1.26. The zero-order chi connectivity index (χ0) is 11.8. The van der Waals surface area contributed by atoms with Gasteiger partial charge in [-0.1, -0.05) is 20.8 Å². The van der Waals surface area contributed by atoms with Crippen LogP contribution >= 0.6 is 0 Å². The molecule has 0 bridgehead atoms. The Balaban J connectivity index is 0.000000606. The molecule has 0 radical (unpaired) electrons. The Morgan fingerprint density at radius 1 is 1.06 bits per heavy atom. The van der Waals surface area contributed by atoms with Gasteiger partial charge in [-0.3, -0.25) is 0 Å². The molecule has 3 heteroatoms. The highest BCUT2D eigenvalue weighted by atomic mass is 15.2. The summed E-state index contributed by atoms with van der Waals surface area (Å²) in [7, 11) is 0. The van der Waals surface area contributed by atoms with Gasteiger partial charge in [-0.15, -0.1) is 0 Å². The summed E-state index contributed by atoms with van der Waals surface area (Å²) in [5, 5.41) is 3.41. The minimum absolute atomic E-state index is 0.938. The van der Waals surface area contributed by atoms with Crippen molar-refractivity contribution in [3.63, 3.8) is 0 Å². The number of rotatable bonds is 3. The van der Waals surface area contributed by atoms with Gasteiger partial charge in [-0.05, 0) is 25.4 Å². The fourth-order valence-corrected chi connectivity index (χ4v) is 2.61. The van der Waals surface area contributed by atoms with Crippen molar-refractivity contribution in [2.75, 3.05) is 52.4 Å². The summed E-state index contributed by atoms with van der Waals surface area (Å²) in [5.41, 5.74) is 0. The molecule has 1 atom stereocenters. The number of hydrogen-bond acceptors (Lipinski definition) is 3. The highest BCUT2D eigenvalue weighted by Crippen LogP contribution is 2.16. The normalized spacial score (nSPS) is 27.6. The van der Waals surface area contributed by atoms with E-state index in [0.29, 0.717) is 0 Å². The van der Waals surface area contributed by atoms with Gasteiger partial charge in [0.2, 0.25) is 0 Å². The molecule has 0 aromatic rings. The van der Waals surface area contributed by atoms with Crippen LogP contribution in [0, 0.1) is 5.92 Å². The summed E-state index contributed by atoms with van der Waals surface area (Å²) in [4.78, 5) is 5.20. The van der Waals surface area contributed by atoms with Gasteiger partial charge in [0.1, 0.15) is 0 Å². The Kier molecular flexibility index (Phi) is 7.01. The summed E-state index contributed by atoms with van der Waals surface area (Å²) < 4.78 is 0. The molecule has 16 heavy (non-hydrogen) atoms. The zero-order valence-corrected chi connectivity index (χ0v) is 11.3. The molecule has 0 amide bonds. The van der Waals surface area contributed by atoms with E-state index in [1.165, 1.54) is 58.8 Å². The predicted molar refractivity (Wildman–Crippen MR) is 70.9 cm³/mol. The molecule has 2 aliphatic heterocycles. The molecular formula is C13H29N3. The van der Waals surface area contributed by atoms with E-state index in [4.69, 9.17) is 0 Å². The van der Waals surface area contributed by atoms with Crippen LogP contribution in [0.5, 0.6) is 0 Å². The lowest BCUT2D eigenvalue weighted by atomic mass is 10.1. The molecule has 0 spiro atoms. The van der Waals surface area contributed by atoms with Gasteiger partial charge in [-0.25, -0.2) is 0 Å². The van der Waals surface area contributed by atoms with E-state index in [0.717, 1.165) is 5.92 Å². The first-order valence-corrected chi connectivity index (χ1v) is 7.04. The Labute approximate surface area is 101 Å². The Bertz CT molecular complexity index is 167. The molecular weight excluding hydrogens is 198 g/mol. The number of hydrogen-bond donors (Lipinski definition) is 1. The van der Waals surface area contributed by atoms with Crippen LogP contribution in [0.1, 0.15) is 27.2 Å². The van der Waals surface area contributed by atoms with Crippen molar-refractivity contribution in [2.24, 2.45) is 5.92 Å². The average Bonchev–Trinajstić information content (AvgIpc) is 2.81. The number of nitrogens with zero attached hydrogens (tertiary/aromatic N) is 2. The van der Waals surface area contributed by atoms with Crippen molar-refractivity contribution in [3.05, 3.63) is 0 Å². The average molecular weight is 227 g/mol.